The number of rotatable bonds is 2. The number of carbonyl (C=O) groups excluding carboxylic acids is 1. The Kier molecular flexibility index (Phi) is 4.66. The fraction of sp³-hybridized carbons (Fsp3) is 0.647. The minimum atomic E-state index is -0.980. The van der Waals surface area contributed by atoms with E-state index >= 15 is 0 Å². The van der Waals surface area contributed by atoms with E-state index in [1.807, 2.05) is 11.0 Å². The number of hydrogen-bond acceptors (Lipinski definition) is 5. The molecule has 126 valence electrons. The Balaban J connectivity index is 1.54. The molecule has 1 aromatic heterocycles. The number of carbonyl (C=O) groups is 1. The average Bonchev–Trinajstić information content (AvgIpc) is 2.58. The minimum absolute atomic E-state index is 0.00865. The molecule has 0 saturated carbocycles. The number of aliphatic hydroxyl groups excluding tert-OH is 1. The molecule has 23 heavy (non-hydrogen) atoms. The van der Waals surface area contributed by atoms with Crippen molar-refractivity contribution in [2.45, 2.75) is 43.9 Å². The van der Waals surface area contributed by atoms with E-state index in [4.69, 9.17) is 0 Å². The highest BCUT2D eigenvalue weighted by Gasteiger charge is 2.39. The molecule has 0 unspecified atom stereocenters. The molecule has 6 nitrogen and oxygen atoms in total. The van der Waals surface area contributed by atoms with E-state index in [-0.39, 0.29) is 5.91 Å². The maximum absolute atomic E-state index is 12.4. The van der Waals surface area contributed by atoms with E-state index in [2.05, 4.69) is 9.88 Å². The highest BCUT2D eigenvalue weighted by atomic mass is 16.3. The summed E-state index contributed by atoms with van der Waals surface area (Å²) < 4.78 is 0. The lowest BCUT2D eigenvalue weighted by atomic mass is 9.88. The van der Waals surface area contributed by atoms with Gasteiger partial charge in [0.2, 0.25) is 0 Å². The van der Waals surface area contributed by atoms with Gasteiger partial charge in [-0.15, -0.1) is 0 Å². The summed E-state index contributed by atoms with van der Waals surface area (Å²) in [4.78, 5) is 20.6. The number of hydrogen-bond donors (Lipinski definition) is 2. The molecule has 0 bridgehead atoms. The lowest BCUT2D eigenvalue weighted by Gasteiger charge is -2.45. The number of aromatic nitrogens is 1. The summed E-state index contributed by atoms with van der Waals surface area (Å²) in [5, 5.41) is 20.1. The van der Waals surface area contributed by atoms with Gasteiger partial charge < -0.3 is 15.1 Å². The van der Waals surface area contributed by atoms with Gasteiger partial charge in [-0.3, -0.25) is 14.7 Å². The Morgan fingerprint density at radius 2 is 2.04 bits per heavy atom. The number of pyridine rings is 1. The standard InChI is InChI=1S/C17H25N3O3/c1-17(23)7-11-20(12-15(17)21)13-5-9-19(10-6-13)16(22)14-4-2-3-8-18-14/h2-4,8,13,15,21,23H,5-7,9-12H2,1H3/t15-,17-/m0/s1. The van der Waals surface area contributed by atoms with Gasteiger partial charge in [-0.05, 0) is 38.3 Å². The van der Waals surface area contributed by atoms with Crippen LogP contribution in [-0.2, 0) is 0 Å². The summed E-state index contributed by atoms with van der Waals surface area (Å²) >= 11 is 0. The fourth-order valence-corrected chi connectivity index (χ4v) is 3.46. The van der Waals surface area contributed by atoms with Crippen LogP contribution in [0.25, 0.3) is 0 Å². The van der Waals surface area contributed by atoms with Crippen LogP contribution in [0.2, 0.25) is 0 Å². The second-order valence-corrected chi connectivity index (χ2v) is 6.86. The zero-order chi connectivity index (χ0) is 16.4. The van der Waals surface area contributed by atoms with Crippen LogP contribution in [-0.4, -0.2) is 74.8 Å². The average molecular weight is 319 g/mol. The Morgan fingerprint density at radius 3 is 2.65 bits per heavy atom. The van der Waals surface area contributed by atoms with Gasteiger partial charge in [-0.2, -0.15) is 0 Å². The van der Waals surface area contributed by atoms with Gasteiger partial charge >= 0.3 is 0 Å². The van der Waals surface area contributed by atoms with Gasteiger partial charge in [-0.25, -0.2) is 0 Å². The third-order valence-corrected chi connectivity index (χ3v) is 5.18. The molecule has 2 atom stereocenters. The van der Waals surface area contributed by atoms with Gasteiger partial charge in [0.25, 0.3) is 5.91 Å². The van der Waals surface area contributed by atoms with Gasteiger partial charge in [-0.1, -0.05) is 6.07 Å². The first-order valence-corrected chi connectivity index (χ1v) is 8.32. The summed E-state index contributed by atoms with van der Waals surface area (Å²) in [6, 6.07) is 5.75. The van der Waals surface area contributed by atoms with Gasteiger partial charge in [0.05, 0.1) is 11.7 Å². The van der Waals surface area contributed by atoms with Crippen molar-refractivity contribution in [2.24, 2.45) is 0 Å². The first kappa shape index (κ1) is 16.4. The highest BCUT2D eigenvalue weighted by Crippen LogP contribution is 2.26. The second kappa shape index (κ2) is 6.55. The molecule has 0 aromatic carbocycles. The summed E-state index contributed by atoms with van der Waals surface area (Å²) in [6.07, 6.45) is 3.31. The molecular formula is C17H25N3O3. The molecule has 1 amide bonds. The van der Waals surface area contributed by atoms with E-state index in [0.29, 0.717) is 37.8 Å². The first-order valence-electron chi connectivity index (χ1n) is 8.32. The molecule has 3 heterocycles. The smallest absolute Gasteiger partial charge is 0.272 e. The van der Waals surface area contributed by atoms with Crippen molar-refractivity contribution in [1.29, 1.82) is 0 Å². The lowest BCUT2D eigenvalue weighted by Crippen LogP contribution is -2.58. The van der Waals surface area contributed by atoms with Crippen molar-refractivity contribution in [3.05, 3.63) is 30.1 Å². The molecule has 0 aliphatic carbocycles. The van der Waals surface area contributed by atoms with Crippen LogP contribution in [0.1, 0.15) is 36.7 Å². The number of nitrogens with zero attached hydrogens (tertiary/aromatic N) is 3. The molecule has 1 aromatic rings. The van der Waals surface area contributed by atoms with Crippen molar-refractivity contribution >= 4 is 5.91 Å². The third kappa shape index (κ3) is 3.54. The van der Waals surface area contributed by atoms with Crippen LogP contribution in [0.4, 0.5) is 0 Å². The summed E-state index contributed by atoms with van der Waals surface area (Å²) in [5.41, 5.74) is -0.484. The Morgan fingerprint density at radius 1 is 1.30 bits per heavy atom. The van der Waals surface area contributed by atoms with E-state index in [1.165, 1.54) is 0 Å². The molecule has 2 saturated heterocycles. The summed E-state index contributed by atoms with van der Waals surface area (Å²) in [5.74, 6) is -0.00865. The molecule has 6 heteroatoms. The van der Waals surface area contributed by atoms with Crippen LogP contribution in [0, 0.1) is 0 Å². The summed E-state index contributed by atoms with van der Waals surface area (Å²) in [6.45, 7) is 4.42. The topological polar surface area (TPSA) is 76.9 Å². The maximum Gasteiger partial charge on any atom is 0.272 e. The number of amides is 1. The zero-order valence-electron chi connectivity index (χ0n) is 13.6. The first-order chi connectivity index (χ1) is 11.0. The van der Waals surface area contributed by atoms with Crippen molar-refractivity contribution in [3.8, 4) is 0 Å². The van der Waals surface area contributed by atoms with Gasteiger partial charge in [0, 0.05) is 38.4 Å². The maximum atomic E-state index is 12.4. The van der Waals surface area contributed by atoms with Crippen LogP contribution >= 0.6 is 0 Å². The second-order valence-electron chi connectivity index (χ2n) is 6.86. The van der Waals surface area contributed by atoms with Crippen molar-refractivity contribution in [2.75, 3.05) is 26.2 Å². The SMILES string of the molecule is C[C@]1(O)CCN(C2CCN(C(=O)c3ccccn3)CC2)C[C@@H]1O. The predicted molar refractivity (Wildman–Crippen MR) is 86.0 cm³/mol. The van der Waals surface area contributed by atoms with Crippen molar-refractivity contribution in [1.82, 2.24) is 14.8 Å². The third-order valence-electron chi connectivity index (χ3n) is 5.18. The predicted octanol–water partition coefficient (Wildman–Crippen LogP) is 0.504. The number of piperidine rings is 2. The number of β-amino-alcohol motifs (C(OH)–C–C–N with tert-alkyl or cyclic N) is 1. The van der Waals surface area contributed by atoms with E-state index in [9.17, 15) is 15.0 Å². The molecule has 2 fully saturated rings. The molecule has 0 spiro atoms. The van der Waals surface area contributed by atoms with Crippen LogP contribution < -0.4 is 0 Å². The monoisotopic (exact) mass is 319 g/mol. The highest BCUT2D eigenvalue weighted by molar-refractivity contribution is 5.92. The molecule has 2 aliphatic rings. The molecule has 0 radical (unpaired) electrons. The van der Waals surface area contributed by atoms with E-state index in [0.717, 1.165) is 19.4 Å². The quantitative estimate of drug-likeness (QED) is 0.830. The zero-order valence-corrected chi connectivity index (χ0v) is 13.6. The Labute approximate surface area is 136 Å². The lowest BCUT2D eigenvalue weighted by molar-refractivity contribution is -0.116. The Hall–Kier alpha value is -1.50. The van der Waals surface area contributed by atoms with Crippen molar-refractivity contribution in [3.63, 3.8) is 0 Å². The van der Waals surface area contributed by atoms with Gasteiger partial charge in [0.1, 0.15) is 5.69 Å². The van der Waals surface area contributed by atoms with Crippen LogP contribution in [0.5, 0.6) is 0 Å². The van der Waals surface area contributed by atoms with Crippen LogP contribution in [0.15, 0.2) is 24.4 Å². The van der Waals surface area contributed by atoms with Gasteiger partial charge in [0.15, 0.2) is 0 Å². The number of aliphatic hydroxyl groups is 2. The van der Waals surface area contributed by atoms with E-state index in [1.54, 1.807) is 25.3 Å². The summed E-state index contributed by atoms with van der Waals surface area (Å²) in [7, 11) is 0. The molecule has 2 aliphatic heterocycles. The Bertz CT molecular complexity index is 541. The molecule has 2 N–H and O–H groups in total. The van der Waals surface area contributed by atoms with Crippen molar-refractivity contribution < 1.29 is 15.0 Å². The fourth-order valence-electron chi connectivity index (χ4n) is 3.46. The minimum Gasteiger partial charge on any atom is -0.389 e. The number of likely N-dealkylation sites (tertiary alicyclic amines) is 2. The molecule has 3 rings (SSSR count). The molecular weight excluding hydrogens is 294 g/mol. The largest absolute Gasteiger partial charge is 0.389 e. The van der Waals surface area contributed by atoms with E-state index < -0.39 is 11.7 Å². The normalized spacial score (nSPS) is 30.4. The van der Waals surface area contributed by atoms with Crippen LogP contribution in [0.3, 0.4) is 0 Å².